The van der Waals surface area contributed by atoms with Gasteiger partial charge in [0.25, 0.3) is 0 Å². The van der Waals surface area contributed by atoms with Gasteiger partial charge in [0, 0.05) is 19.0 Å². The molecular weight excluding hydrogens is 288 g/mol. The SMILES string of the molecule is O=C(CC1CCS(=O)(=O)C1)N(CC1CCCNC1)C1CC1. The van der Waals surface area contributed by atoms with Gasteiger partial charge in [-0.2, -0.15) is 0 Å². The molecule has 3 aliphatic rings. The van der Waals surface area contributed by atoms with E-state index in [2.05, 4.69) is 10.2 Å². The summed E-state index contributed by atoms with van der Waals surface area (Å²) in [5.41, 5.74) is 0. The first kappa shape index (κ1) is 15.3. The molecule has 1 aliphatic carbocycles. The highest BCUT2D eigenvalue weighted by molar-refractivity contribution is 7.91. The van der Waals surface area contributed by atoms with Crippen molar-refractivity contribution in [2.75, 3.05) is 31.1 Å². The van der Waals surface area contributed by atoms with E-state index in [1.165, 1.54) is 12.8 Å². The zero-order valence-electron chi connectivity index (χ0n) is 12.6. The summed E-state index contributed by atoms with van der Waals surface area (Å²) >= 11 is 0. The lowest BCUT2D eigenvalue weighted by Gasteiger charge is -2.31. The predicted molar refractivity (Wildman–Crippen MR) is 81.7 cm³/mol. The van der Waals surface area contributed by atoms with Gasteiger partial charge in [-0.05, 0) is 57.0 Å². The molecule has 0 aromatic rings. The maximum absolute atomic E-state index is 12.6. The Morgan fingerprint density at radius 3 is 2.52 bits per heavy atom. The van der Waals surface area contributed by atoms with Crippen molar-refractivity contribution in [1.82, 2.24) is 10.2 Å². The van der Waals surface area contributed by atoms with Gasteiger partial charge in [-0.15, -0.1) is 0 Å². The molecule has 2 saturated heterocycles. The number of hydrogen-bond donors (Lipinski definition) is 1. The molecular formula is C15H26N2O3S. The molecule has 0 radical (unpaired) electrons. The van der Waals surface area contributed by atoms with E-state index < -0.39 is 9.84 Å². The van der Waals surface area contributed by atoms with E-state index >= 15 is 0 Å². The number of sulfone groups is 1. The molecule has 3 rings (SSSR count). The quantitative estimate of drug-likeness (QED) is 0.815. The Kier molecular flexibility index (Phi) is 4.54. The van der Waals surface area contributed by atoms with Crippen molar-refractivity contribution in [3.05, 3.63) is 0 Å². The Labute approximate surface area is 127 Å². The molecule has 21 heavy (non-hydrogen) atoms. The highest BCUT2D eigenvalue weighted by Gasteiger charge is 2.37. The highest BCUT2D eigenvalue weighted by atomic mass is 32.2. The van der Waals surface area contributed by atoms with E-state index in [4.69, 9.17) is 0 Å². The molecule has 0 spiro atoms. The Morgan fingerprint density at radius 2 is 1.95 bits per heavy atom. The van der Waals surface area contributed by atoms with E-state index in [-0.39, 0.29) is 23.3 Å². The van der Waals surface area contributed by atoms with Crippen molar-refractivity contribution in [3.8, 4) is 0 Å². The van der Waals surface area contributed by atoms with E-state index in [1.54, 1.807) is 0 Å². The van der Waals surface area contributed by atoms with Crippen molar-refractivity contribution in [2.45, 2.75) is 44.6 Å². The maximum atomic E-state index is 12.6. The second-order valence-electron chi connectivity index (χ2n) is 6.96. The van der Waals surface area contributed by atoms with Crippen molar-refractivity contribution in [2.24, 2.45) is 11.8 Å². The highest BCUT2D eigenvalue weighted by Crippen LogP contribution is 2.31. The van der Waals surface area contributed by atoms with Crippen LogP contribution in [0.15, 0.2) is 0 Å². The van der Waals surface area contributed by atoms with Gasteiger partial charge in [0.2, 0.25) is 5.91 Å². The fraction of sp³-hybridized carbons (Fsp3) is 0.933. The van der Waals surface area contributed by atoms with Crippen molar-refractivity contribution in [1.29, 1.82) is 0 Å². The van der Waals surface area contributed by atoms with Crippen molar-refractivity contribution in [3.63, 3.8) is 0 Å². The fourth-order valence-electron chi connectivity index (χ4n) is 3.60. The molecule has 120 valence electrons. The summed E-state index contributed by atoms with van der Waals surface area (Å²) in [6.07, 6.45) is 5.72. The predicted octanol–water partition coefficient (Wildman–Crippen LogP) is 0.802. The van der Waals surface area contributed by atoms with Gasteiger partial charge in [-0.1, -0.05) is 0 Å². The number of carbonyl (C=O) groups is 1. The molecule has 2 heterocycles. The average molecular weight is 314 g/mol. The minimum Gasteiger partial charge on any atom is -0.339 e. The minimum absolute atomic E-state index is 0.0493. The molecule has 2 aliphatic heterocycles. The largest absolute Gasteiger partial charge is 0.339 e. The third-order valence-electron chi connectivity index (χ3n) is 4.95. The molecule has 6 heteroatoms. The molecule has 1 saturated carbocycles. The fourth-order valence-corrected chi connectivity index (χ4v) is 5.46. The van der Waals surface area contributed by atoms with Crippen molar-refractivity contribution < 1.29 is 13.2 Å². The van der Waals surface area contributed by atoms with Crippen LogP contribution in [-0.2, 0) is 14.6 Å². The van der Waals surface area contributed by atoms with E-state index in [0.29, 0.717) is 24.8 Å². The number of amides is 1. The Bertz CT molecular complexity index is 481. The molecule has 3 fully saturated rings. The normalized spacial score (nSPS) is 32.0. The molecule has 2 atom stereocenters. The van der Waals surface area contributed by atoms with Crippen LogP contribution in [0.25, 0.3) is 0 Å². The van der Waals surface area contributed by atoms with Crippen LogP contribution in [0, 0.1) is 11.8 Å². The van der Waals surface area contributed by atoms with Crippen LogP contribution in [0.1, 0.15) is 38.5 Å². The zero-order valence-corrected chi connectivity index (χ0v) is 13.4. The van der Waals surface area contributed by atoms with Gasteiger partial charge in [0.15, 0.2) is 9.84 Å². The summed E-state index contributed by atoms with van der Waals surface area (Å²) in [6.45, 7) is 2.96. The maximum Gasteiger partial charge on any atom is 0.223 e. The van der Waals surface area contributed by atoms with Gasteiger partial charge in [-0.25, -0.2) is 8.42 Å². The van der Waals surface area contributed by atoms with Crippen LogP contribution in [-0.4, -0.2) is 56.4 Å². The second kappa shape index (κ2) is 6.24. The molecule has 5 nitrogen and oxygen atoms in total. The molecule has 0 aromatic heterocycles. The lowest BCUT2D eigenvalue weighted by atomic mass is 9.98. The van der Waals surface area contributed by atoms with E-state index in [1.807, 2.05) is 0 Å². The first-order valence-electron chi connectivity index (χ1n) is 8.24. The van der Waals surface area contributed by atoms with Gasteiger partial charge in [-0.3, -0.25) is 4.79 Å². The zero-order chi connectivity index (χ0) is 14.9. The molecule has 0 bridgehead atoms. The summed E-state index contributed by atoms with van der Waals surface area (Å²) in [5, 5.41) is 3.41. The Balaban J connectivity index is 1.54. The molecule has 0 aromatic carbocycles. The number of carbonyl (C=O) groups excluding carboxylic acids is 1. The summed E-state index contributed by atoms with van der Waals surface area (Å²) in [4.78, 5) is 14.6. The Hall–Kier alpha value is -0.620. The number of rotatable bonds is 5. The first-order chi connectivity index (χ1) is 10.0. The topological polar surface area (TPSA) is 66.5 Å². The number of piperidine rings is 1. The van der Waals surface area contributed by atoms with Gasteiger partial charge < -0.3 is 10.2 Å². The second-order valence-corrected chi connectivity index (χ2v) is 9.19. The monoisotopic (exact) mass is 314 g/mol. The minimum atomic E-state index is -2.88. The van der Waals surface area contributed by atoms with E-state index in [0.717, 1.165) is 32.5 Å². The summed E-state index contributed by atoms with van der Waals surface area (Å²) in [5.74, 6) is 1.28. The first-order valence-corrected chi connectivity index (χ1v) is 10.1. The Morgan fingerprint density at radius 1 is 1.14 bits per heavy atom. The smallest absolute Gasteiger partial charge is 0.223 e. The van der Waals surface area contributed by atoms with Crippen molar-refractivity contribution >= 4 is 15.7 Å². The van der Waals surface area contributed by atoms with E-state index in [9.17, 15) is 13.2 Å². The molecule has 2 unspecified atom stereocenters. The summed E-state index contributed by atoms with van der Waals surface area (Å²) < 4.78 is 23.0. The van der Waals surface area contributed by atoms with Gasteiger partial charge >= 0.3 is 0 Å². The number of hydrogen-bond acceptors (Lipinski definition) is 4. The molecule has 1 amide bonds. The van der Waals surface area contributed by atoms with Gasteiger partial charge in [0.05, 0.1) is 11.5 Å². The number of nitrogens with one attached hydrogen (secondary N) is 1. The summed E-state index contributed by atoms with van der Waals surface area (Å²) in [6, 6.07) is 0.428. The lowest BCUT2D eigenvalue weighted by Crippen LogP contribution is -2.42. The van der Waals surface area contributed by atoms with Crippen LogP contribution in [0.5, 0.6) is 0 Å². The van der Waals surface area contributed by atoms with Crippen LogP contribution in [0.3, 0.4) is 0 Å². The standard InChI is InChI=1S/C15H26N2O3S/c18-15(8-12-5-7-21(19,20)11-12)17(14-3-4-14)10-13-2-1-6-16-9-13/h12-14,16H,1-11H2. The van der Waals surface area contributed by atoms with Crippen LogP contribution in [0.2, 0.25) is 0 Å². The molecule has 1 N–H and O–H groups in total. The van der Waals surface area contributed by atoms with Crippen LogP contribution < -0.4 is 5.32 Å². The number of nitrogens with zero attached hydrogens (tertiary/aromatic N) is 1. The third kappa shape index (κ3) is 4.19. The summed E-state index contributed by atoms with van der Waals surface area (Å²) in [7, 11) is -2.88. The average Bonchev–Trinajstić information content (AvgIpc) is 3.22. The lowest BCUT2D eigenvalue weighted by molar-refractivity contribution is -0.133. The third-order valence-corrected chi connectivity index (χ3v) is 6.79. The van der Waals surface area contributed by atoms with Crippen LogP contribution in [0.4, 0.5) is 0 Å². The van der Waals surface area contributed by atoms with Crippen LogP contribution >= 0.6 is 0 Å². The van der Waals surface area contributed by atoms with Gasteiger partial charge in [0.1, 0.15) is 0 Å².